The predicted molar refractivity (Wildman–Crippen MR) is 149 cm³/mol. The Morgan fingerprint density at radius 2 is 0.939 bits per heavy atom. The molecule has 3 aromatic carbocycles. The van der Waals surface area contributed by atoms with Crippen LogP contribution in [0.2, 0.25) is 4.68 Å². The molecule has 0 heterocycles. The van der Waals surface area contributed by atoms with Gasteiger partial charge >= 0.3 is 193 Å². The molecule has 5 rings (SSSR count). The van der Waals surface area contributed by atoms with Gasteiger partial charge in [-0.2, -0.15) is 0 Å². The van der Waals surface area contributed by atoms with Crippen molar-refractivity contribution in [2.75, 3.05) is 0 Å². The Labute approximate surface area is 215 Å². The summed E-state index contributed by atoms with van der Waals surface area (Å²) in [6, 6.07) is 33.2. The number of halogens is 2. The third kappa shape index (κ3) is 4.75. The van der Waals surface area contributed by atoms with Crippen molar-refractivity contribution in [3.63, 3.8) is 0 Å². The van der Waals surface area contributed by atoms with Gasteiger partial charge in [-0.3, -0.25) is 0 Å². The molecule has 2 aliphatic carbocycles. The molecule has 0 aromatic heterocycles. The molecule has 0 radical (unpaired) electrons. The van der Waals surface area contributed by atoms with Crippen molar-refractivity contribution in [3.8, 4) is 0 Å². The first kappa shape index (κ1) is 26.2. The molecule has 0 nitrogen and oxygen atoms in total. The summed E-state index contributed by atoms with van der Waals surface area (Å²) in [7, 11) is 0. The molecule has 2 aliphatic rings. The SMILES string of the molecule is Cl.Cl.[CH3][Hf](=[GeH2])([C]1=CC(c2ccccc2)=CC1)([C]1=CC(c2ccccc2)=CC1)[c]1ccccc1. The summed E-state index contributed by atoms with van der Waals surface area (Å²) in [6.07, 6.45) is 12.2. The summed E-state index contributed by atoms with van der Waals surface area (Å²) in [4.78, 5) is 0. The summed E-state index contributed by atoms with van der Waals surface area (Å²) < 4.78 is 7.79. The molecule has 168 valence electrons. The molecule has 0 fully saturated rings. The van der Waals surface area contributed by atoms with Crippen LogP contribution in [0.5, 0.6) is 0 Å². The van der Waals surface area contributed by atoms with Gasteiger partial charge in [0.15, 0.2) is 0 Å². The number of rotatable bonds is 5. The molecule has 0 atom stereocenters. The molecule has 33 heavy (non-hydrogen) atoms. The topological polar surface area (TPSA) is 0 Å². The fourth-order valence-electron chi connectivity index (χ4n) is 5.12. The van der Waals surface area contributed by atoms with Crippen molar-refractivity contribution in [1.29, 1.82) is 0 Å². The van der Waals surface area contributed by atoms with Crippen LogP contribution in [0.1, 0.15) is 24.0 Å². The second-order valence-corrected chi connectivity index (χ2v) is 60.7. The molecule has 0 saturated heterocycles. The van der Waals surface area contributed by atoms with Gasteiger partial charge in [0.2, 0.25) is 0 Å². The van der Waals surface area contributed by atoms with Crippen molar-refractivity contribution >= 4 is 51.5 Å². The number of hydrogen-bond donors (Lipinski definition) is 0. The Balaban J connectivity index is 0.00000153. The third-order valence-electron chi connectivity index (χ3n) is 7.25. The Kier molecular flexibility index (Phi) is 8.33. The fourth-order valence-corrected chi connectivity index (χ4v) is 34.3. The van der Waals surface area contributed by atoms with E-state index in [-0.39, 0.29) is 24.8 Å². The predicted octanol–water partition coefficient (Wildman–Crippen LogP) is 7.18. The van der Waals surface area contributed by atoms with Gasteiger partial charge in [-0.25, -0.2) is 0 Å². The zero-order valence-electron chi connectivity index (χ0n) is 18.9. The summed E-state index contributed by atoms with van der Waals surface area (Å²) in [6.45, 7) is 0. The zero-order valence-corrected chi connectivity index (χ0v) is 27.1. The van der Waals surface area contributed by atoms with Crippen molar-refractivity contribution in [2.24, 2.45) is 0 Å². The molecule has 0 spiro atoms. The fraction of sp³-hybridized carbons (Fsp3) is 0.103. The van der Waals surface area contributed by atoms with Crippen LogP contribution in [0.15, 0.2) is 122 Å². The van der Waals surface area contributed by atoms with E-state index in [1.807, 2.05) is 0 Å². The number of allylic oxidation sites excluding steroid dienone is 8. The van der Waals surface area contributed by atoms with Gasteiger partial charge in [-0.1, -0.05) is 0 Å². The molecular weight excluding hydrogens is 670 g/mol. The monoisotopic (exact) mass is 702 g/mol. The van der Waals surface area contributed by atoms with Gasteiger partial charge in [0.25, 0.3) is 0 Å². The van der Waals surface area contributed by atoms with Crippen LogP contribution in [0.3, 0.4) is 0 Å². The van der Waals surface area contributed by atoms with Crippen LogP contribution < -0.4 is 3.32 Å². The maximum absolute atomic E-state index is 3.67. The van der Waals surface area contributed by atoms with E-state index in [1.54, 1.807) is 9.98 Å². The zero-order chi connectivity index (χ0) is 21.3. The summed E-state index contributed by atoms with van der Waals surface area (Å²) in [5.74, 6) is 0. The molecule has 0 N–H and O–H groups in total. The molecule has 0 saturated carbocycles. The van der Waals surface area contributed by atoms with Crippen LogP contribution in [0, 0.1) is 0 Å². The second-order valence-electron chi connectivity index (χ2n) is 9.17. The van der Waals surface area contributed by atoms with Crippen molar-refractivity contribution in [1.82, 2.24) is 0 Å². The number of hydrogen-bond acceptors (Lipinski definition) is 0. The average Bonchev–Trinajstić information content (AvgIpc) is 3.53. The summed E-state index contributed by atoms with van der Waals surface area (Å²) in [5.41, 5.74) is 5.49. The van der Waals surface area contributed by atoms with Crippen LogP contribution in [-0.2, 0) is 15.4 Å². The van der Waals surface area contributed by atoms with Gasteiger partial charge in [0, 0.05) is 0 Å². The van der Waals surface area contributed by atoms with Crippen molar-refractivity contribution in [3.05, 3.63) is 133 Å². The van der Waals surface area contributed by atoms with Crippen LogP contribution in [-0.4, -0.2) is 12.2 Å². The molecule has 3 aromatic rings. The van der Waals surface area contributed by atoms with E-state index in [0.29, 0.717) is 0 Å². The minimum atomic E-state index is -3.67. The van der Waals surface area contributed by atoms with Gasteiger partial charge < -0.3 is 0 Å². The Morgan fingerprint density at radius 3 is 1.33 bits per heavy atom. The Bertz CT molecular complexity index is 1240. The summed E-state index contributed by atoms with van der Waals surface area (Å²) in [5, 5.41) is 0. The summed E-state index contributed by atoms with van der Waals surface area (Å²) >= 11 is -2.30. The molecule has 0 unspecified atom stereocenters. The first-order chi connectivity index (χ1) is 15.1. The molecular formula is C29H30Cl2GeHf. The number of benzene rings is 3. The van der Waals surface area contributed by atoms with E-state index in [2.05, 4.69) is 120 Å². The van der Waals surface area contributed by atoms with Crippen LogP contribution in [0.25, 0.3) is 11.1 Å². The second kappa shape index (κ2) is 10.5. The van der Waals surface area contributed by atoms with E-state index < -0.39 is 15.4 Å². The van der Waals surface area contributed by atoms with Crippen molar-refractivity contribution < 1.29 is 15.4 Å². The standard InChI is InChI=1S/2C11H9.C6H5.CH3.2ClH.GeH2.Hf/c2*1-2-6-10(7-3-1)11-8-4-5-9-11;1-2-4-6-5-3-1;;;;;/h2*1-3,6-9H,4H2;1-5H;1H3;2*1H;1H2;. The molecule has 0 aliphatic heterocycles. The molecule has 4 heteroatoms. The van der Waals surface area contributed by atoms with Gasteiger partial charge in [-0.05, 0) is 0 Å². The van der Waals surface area contributed by atoms with E-state index in [1.165, 1.54) is 34.5 Å². The van der Waals surface area contributed by atoms with Crippen LogP contribution >= 0.6 is 24.8 Å². The van der Waals surface area contributed by atoms with Gasteiger partial charge in [0.05, 0.1) is 0 Å². The minimum absolute atomic E-state index is 0. The van der Waals surface area contributed by atoms with E-state index in [9.17, 15) is 0 Å². The quantitative estimate of drug-likeness (QED) is 0.248. The van der Waals surface area contributed by atoms with Crippen molar-refractivity contribution in [2.45, 2.75) is 17.5 Å². The van der Waals surface area contributed by atoms with E-state index in [0.717, 1.165) is 12.8 Å². The molecule has 0 amide bonds. The van der Waals surface area contributed by atoms with E-state index in [4.69, 9.17) is 0 Å². The van der Waals surface area contributed by atoms with Gasteiger partial charge in [0.1, 0.15) is 0 Å². The average molecular weight is 701 g/mol. The first-order valence-electron chi connectivity index (χ1n) is 11.1. The normalized spacial score (nSPS) is 15.5. The third-order valence-corrected chi connectivity index (χ3v) is 51.7. The molecule has 0 bridgehead atoms. The van der Waals surface area contributed by atoms with Crippen LogP contribution in [0.4, 0.5) is 0 Å². The Hall–Kier alpha value is -1.39. The maximum atomic E-state index is 2.70. The van der Waals surface area contributed by atoms with Gasteiger partial charge in [-0.15, -0.1) is 24.8 Å². The first-order valence-corrected chi connectivity index (χ1v) is 34.8. The van der Waals surface area contributed by atoms with E-state index >= 15 is 0 Å². The Morgan fingerprint density at radius 1 is 0.576 bits per heavy atom.